The number of ether oxygens (including phenoxy) is 1. The van der Waals surface area contributed by atoms with Gasteiger partial charge in [-0.15, -0.1) is 0 Å². The average Bonchev–Trinajstić information content (AvgIpc) is 3.43. The number of pyridine rings is 1. The number of benzene rings is 3. The average molecular weight is 563 g/mol. The molecule has 0 amide bonds. The monoisotopic (exact) mass is 562 g/mol. The van der Waals surface area contributed by atoms with Crippen LogP contribution in [0, 0.1) is 0 Å². The molecule has 5 aromatic rings. The summed E-state index contributed by atoms with van der Waals surface area (Å²) in [5.74, 6) is 2.35. The Balaban J connectivity index is 1.17. The molecule has 0 spiro atoms. The fourth-order valence-electron chi connectivity index (χ4n) is 5.90. The van der Waals surface area contributed by atoms with Crippen molar-refractivity contribution >= 4 is 11.2 Å². The number of aromatic nitrogens is 3. The number of nitrogens with one attached hydrogen (secondary N) is 1. The summed E-state index contributed by atoms with van der Waals surface area (Å²) in [6.45, 7) is 1.27. The van der Waals surface area contributed by atoms with Gasteiger partial charge < -0.3 is 20.3 Å². The molecule has 216 valence electrons. The molecule has 0 aliphatic heterocycles. The van der Waals surface area contributed by atoms with Crippen LogP contribution in [0.5, 0.6) is 11.5 Å². The highest BCUT2D eigenvalue weighted by atomic mass is 16.5. The smallest absolute Gasteiger partial charge is 0.164 e. The van der Waals surface area contributed by atoms with Crippen molar-refractivity contribution in [2.45, 2.75) is 50.5 Å². The van der Waals surface area contributed by atoms with E-state index in [9.17, 15) is 10.2 Å². The molecule has 7 heteroatoms. The van der Waals surface area contributed by atoms with Gasteiger partial charge in [0.1, 0.15) is 35.6 Å². The second-order valence-corrected chi connectivity index (χ2v) is 11.1. The molecule has 42 heavy (non-hydrogen) atoms. The van der Waals surface area contributed by atoms with Gasteiger partial charge in [-0.3, -0.25) is 4.57 Å². The summed E-state index contributed by atoms with van der Waals surface area (Å²) in [4.78, 5) is 9.77. The van der Waals surface area contributed by atoms with E-state index in [4.69, 9.17) is 14.7 Å². The largest absolute Gasteiger partial charge is 0.508 e. The van der Waals surface area contributed by atoms with Crippen molar-refractivity contribution in [1.29, 1.82) is 0 Å². The third kappa shape index (κ3) is 6.48. The summed E-state index contributed by atoms with van der Waals surface area (Å²) in [6.07, 6.45) is 8.52. The fourth-order valence-corrected chi connectivity index (χ4v) is 5.90. The second kappa shape index (κ2) is 13.2. The Hall–Kier alpha value is -4.20. The maximum Gasteiger partial charge on any atom is 0.164 e. The number of imidazole rings is 1. The van der Waals surface area contributed by atoms with Gasteiger partial charge in [-0.1, -0.05) is 61.7 Å². The van der Waals surface area contributed by atoms with Crippen molar-refractivity contribution < 1.29 is 14.9 Å². The molecule has 1 saturated carbocycles. The van der Waals surface area contributed by atoms with Crippen molar-refractivity contribution in [2.75, 3.05) is 19.7 Å². The third-order valence-corrected chi connectivity index (χ3v) is 8.12. The highest BCUT2D eigenvalue weighted by Crippen LogP contribution is 2.35. The zero-order valence-corrected chi connectivity index (χ0v) is 23.8. The van der Waals surface area contributed by atoms with Gasteiger partial charge in [-0.25, -0.2) is 9.97 Å². The van der Waals surface area contributed by atoms with E-state index in [1.165, 1.54) is 43.2 Å². The summed E-state index contributed by atoms with van der Waals surface area (Å²) in [5.41, 5.74) is 6.45. The molecule has 1 aliphatic carbocycles. The van der Waals surface area contributed by atoms with Crippen LogP contribution in [0.25, 0.3) is 28.2 Å². The Labute approximate surface area is 246 Å². The number of aliphatic hydroxyl groups is 1. The first-order chi connectivity index (χ1) is 20.7. The Bertz CT molecular complexity index is 1590. The lowest BCUT2D eigenvalue weighted by Gasteiger charge is -2.22. The van der Waals surface area contributed by atoms with Crippen LogP contribution in [0.1, 0.15) is 49.1 Å². The molecular weight excluding hydrogens is 524 g/mol. The van der Waals surface area contributed by atoms with Gasteiger partial charge in [0.15, 0.2) is 5.65 Å². The third-order valence-electron chi connectivity index (χ3n) is 8.12. The Morgan fingerprint density at radius 2 is 1.69 bits per heavy atom. The maximum absolute atomic E-state index is 10.4. The number of rotatable bonds is 11. The molecule has 0 unspecified atom stereocenters. The van der Waals surface area contributed by atoms with Crippen LogP contribution in [0.3, 0.4) is 0 Å². The van der Waals surface area contributed by atoms with Crippen LogP contribution in [0.2, 0.25) is 0 Å². The van der Waals surface area contributed by atoms with Gasteiger partial charge in [0.2, 0.25) is 0 Å². The number of para-hydroxylation sites is 1. The zero-order valence-electron chi connectivity index (χ0n) is 23.8. The highest BCUT2D eigenvalue weighted by Gasteiger charge is 2.19. The standard InChI is InChI=1S/C35H38N4O3/c40-29-16-18-31(19-17-29)42-24-30(41)23-36-22-20-27-9-4-5-11-33(27)39-34(38-32-10-6-21-37-35(32)39)28-14-12-26(13-15-28)25-7-2-1-3-8-25/h4-6,9-19,21,25,30,36,40-41H,1-3,7-8,20,22-24H2/t30-/m0/s1. The number of hydrogen-bond acceptors (Lipinski definition) is 6. The van der Waals surface area contributed by atoms with Crippen LogP contribution in [-0.2, 0) is 6.42 Å². The van der Waals surface area contributed by atoms with Gasteiger partial charge >= 0.3 is 0 Å². The minimum Gasteiger partial charge on any atom is -0.508 e. The number of phenols is 1. The van der Waals surface area contributed by atoms with Crippen LogP contribution >= 0.6 is 0 Å². The predicted octanol–water partition coefficient (Wildman–Crippen LogP) is 6.41. The topological polar surface area (TPSA) is 92.4 Å². The lowest BCUT2D eigenvalue weighted by molar-refractivity contribution is 0.106. The number of nitrogens with zero attached hydrogens (tertiary/aromatic N) is 3. The van der Waals surface area contributed by atoms with E-state index >= 15 is 0 Å². The molecule has 0 saturated heterocycles. The highest BCUT2D eigenvalue weighted by molar-refractivity contribution is 5.80. The first-order valence-corrected chi connectivity index (χ1v) is 15.0. The molecule has 2 aromatic heterocycles. The lowest BCUT2D eigenvalue weighted by atomic mass is 9.84. The zero-order chi connectivity index (χ0) is 28.7. The molecule has 1 atom stereocenters. The van der Waals surface area contributed by atoms with Crippen molar-refractivity contribution in [1.82, 2.24) is 19.9 Å². The van der Waals surface area contributed by atoms with Gasteiger partial charge in [0, 0.05) is 18.3 Å². The van der Waals surface area contributed by atoms with Crippen molar-refractivity contribution in [3.05, 3.63) is 102 Å². The Morgan fingerprint density at radius 3 is 2.50 bits per heavy atom. The molecule has 3 N–H and O–H groups in total. The molecule has 0 radical (unpaired) electrons. The van der Waals surface area contributed by atoms with E-state index in [0.717, 1.165) is 34.7 Å². The summed E-state index contributed by atoms with van der Waals surface area (Å²) in [5, 5.41) is 23.2. The van der Waals surface area contributed by atoms with E-state index in [0.29, 0.717) is 24.8 Å². The quantitative estimate of drug-likeness (QED) is 0.161. The van der Waals surface area contributed by atoms with Gasteiger partial charge in [0.05, 0.1) is 5.69 Å². The van der Waals surface area contributed by atoms with E-state index in [-0.39, 0.29) is 12.4 Å². The fraction of sp³-hybridized carbons (Fsp3) is 0.314. The summed E-state index contributed by atoms with van der Waals surface area (Å²) in [7, 11) is 0. The van der Waals surface area contributed by atoms with Crippen molar-refractivity contribution in [3.8, 4) is 28.6 Å². The Morgan fingerprint density at radius 1 is 0.905 bits per heavy atom. The first-order valence-electron chi connectivity index (χ1n) is 15.0. The predicted molar refractivity (Wildman–Crippen MR) is 166 cm³/mol. The van der Waals surface area contributed by atoms with Gasteiger partial charge in [-0.2, -0.15) is 0 Å². The number of aromatic hydroxyl groups is 1. The van der Waals surface area contributed by atoms with Gasteiger partial charge in [0.25, 0.3) is 0 Å². The van der Waals surface area contributed by atoms with Gasteiger partial charge in [-0.05, 0) is 85.3 Å². The summed E-state index contributed by atoms with van der Waals surface area (Å²) >= 11 is 0. The first kappa shape index (κ1) is 27.9. The van der Waals surface area contributed by atoms with E-state index in [2.05, 4.69) is 58.4 Å². The second-order valence-electron chi connectivity index (χ2n) is 11.1. The lowest BCUT2D eigenvalue weighted by Crippen LogP contribution is -2.32. The minimum absolute atomic E-state index is 0.171. The number of phenolic OH excluding ortho intramolecular Hbond substituents is 1. The van der Waals surface area contributed by atoms with Crippen LogP contribution in [0.15, 0.2) is 91.1 Å². The van der Waals surface area contributed by atoms with Crippen LogP contribution in [0.4, 0.5) is 0 Å². The maximum atomic E-state index is 10.4. The molecule has 2 heterocycles. The number of aliphatic hydroxyl groups excluding tert-OH is 1. The molecule has 1 aliphatic rings. The van der Waals surface area contributed by atoms with Crippen molar-refractivity contribution in [3.63, 3.8) is 0 Å². The van der Waals surface area contributed by atoms with E-state index < -0.39 is 6.10 Å². The van der Waals surface area contributed by atoms with Crippen LogP contribution in [-0.4, -0.2) is 50.5 Å². The minimum atomic E-state index is -0.654. The summed E-state index contributed by atoms with van der Waals surface area (Å²) < 4.78 is 7.81. The van der Waals surface area contributed by atoms with Crippen LogP contribution < -0.4 is 10.1 Å². The number of hydrogen-bond donors (Lipinski definition) is 3. The summed E-state index contributed by atoms with van der Waals surface area (Å²) in [6, 6.07) is 27.8. The molecular formula is C35H38N4O3. The molecule has 3 aromatic carbocycles. The normalized spacial score (nSPS) is 14.7. The molecule has 6 rings (SSSR count). The molecule has 1 fully saturated rings. The van der Waals surface area contributed by atoms with Crippen molar-refractivity contribution in [2.24, 2.45) is 0 Å². The molecule has 7 nitrogen and oxygen atoms in total. The Kier molecular flexibility index (Phi) is 8.78. The SMILES string of the molecule is Oc1ccc(OC[C@@H](O)CNCCc2ccccc2-n2c(-c3ccc(C4CCCCC4)cc3)nc3cccnc32)cc1. The molecule has 0 bridgehead atoms. The van der Waals surface area contributed by atoms with E-state index in [1.807, 2.05) is 18.3 Å². The van der Waals surface area contributed by atoms with E-state index in [1.54, 1.807) is 24.3 Å². The number of fused-ring (bicyclic) bond motifs is 1.